The van der Waals surface area contributed by atoms with E-state index in [4.69, 9.17) is 67.4 Å². The molecule has 2 saturated carbocycles. The minimum Gasteiger partial charge on any atom is -0.428 e. The molecule has 0 saturated heterocycles. The first kappa shape index (κ1) is 42.7. The van der Waals surface area contributed by atoms with Crippen LogP contribution >= 0.6 is 12.6 Å². The monoisotopic (exact) mass is 660 g/mol. The fourth-order valence-corrected chi connectivity index (χ4v) is 7.37. The first-order valence-electron chi connectivity index (χ1n) is 17.7. The summed E-state index contributed by atoms with van der Waals surface area (Å²) in [6.45, 7) is 21.3. The molecule has 1 aliphatic heterocycles. The van der Waals surface area contributed by atoms with Crippen molar-refractivity contribution < 1.29 is 9.45 Å². The highest BCUT2D eigenvalue weighted by Gasteiger charge is 2.60. The second kappa shape index (κ2) is 14.3. The fraction of sp³-hybridized carbons (Fsp3) is 0.750. The average molecular weight is 659 g/mol. The van der Waals surface area contributed by atoms with E-state index in [9.17, 15) is 4.79 Å². The zero-order chi connectivity index (χ0) is 37.8. The van der Waals surface area contributed by atoms with Gasteiger partial charge in [-0.05, 0) is 77.8 Å². The minimum atomic E-state index is -1.71. The van der Waals surface area contributed by atoms with Crippen LogP contribution in [0.2, 0.25) is 26.3 Å². The predicted molar refractivity (Wildman–Crippen MR) is 220 cm³/mol. The molecule has 17 radical (unpaired) electrons. The van der Waals surface area contributed by atoms with Crippen molar-refractivity contribution in [3.05, 3.63) is 36.4 Å². The van der Waals surface area contributed by atoms with Crippen LogP contribution in [-0.4, -0.2) is 92.5 Å². The van der Waals surface area contributed by atoms with Crippen molar-refractivity contribution in [2.24, 2.45) is 11.8 Å². The summed E-state index contributed by atoms with van der Waals surface area (Å²) in [5, 5.41) is -7.50. The summed E-state index contributed by atoms with van der Waals surface area (Å²) >= 11 is 4.67. The summed E-state index contributed by atoms with van der Waals surface area (Å²) in [5.41, 5.74) is 2.31. The lowest BCUT2D eigenvalue weighted by molar-refractivity contribution is -0.123. The molecule has 0 aromatic heterocycles. The van der Waals surface area contributed by atoms with E-state index >= 15 is 0 Å². The van der Waals surface area contributed by atoms with Gasteiger partial charge in [-0.25, -0.2) is 0 Å². The van der Waals surface area contributed by atoms with E-state index < -0.39 is 37.3 Å². The number of anilines is 1. The Bertz CT molecular complexity index is 1360. The van der Waals surface area contributed by atoms with E-state index in [0.717, 1.165) is 54.7 Å². The molecule has 1 aromatic carbocycles. The molecular weight excluding hydrogens is 608 g/mol. The number of nitrogens with zero attached hydrogens (tertiary/aromatic N) is 1. The van der Waals surface area contributed by atoms with Crippen LogP contribution in [0.3, 0.4) is 0 Å². The van der Waals surface area contributed by atoms with Gasteiger partial charge in [0.25, 0.3) is 0 Å². The Morgan fingerprint density at radius 3 is 1.94 bits per heavy atom. The Balaban J connectivity index is 0.000000278. The summed E-state index contributed by atoms with van der Waals surface area (Å²) in [6.07, 6.45) is 8.74. The Labute approximate surface area is 316 Å². The highest BCUT2D eigenvalue weighted by molar-refractivity contribution is 7.81. The van der Waals surface area contributed by atoms with Gasteiger partial charge in [-0.15, -0.1) is 22.2 Å². The van der Waals surface area contributed by atoms with Crippen LogP contribution < -0.4 is 10.4 Å². The standard InChI is InChI=1S/C23H35BNO2S.C13H16B8/c1-8-9-15-12-17(13-15)25-19-14-16(24-27-22(4,5)23(6,7)28)10-11-18(19)21(2,3)20(25)26;1-4-11(18,9(2,14)15)12(19,8-6-5-7-8)13(20,21)10(3,16)17/h10-11,14-15,17,28H,8-9,12-13H2,1-7H3;4,8H,1,5-7H2,2-3H3. The largest absolute Gasteiger partial charge is 0.428 e. The Morgan fingerprint density at radius 2 is 1.53 bits per heavy atom. The van der Waals surface area contributed by atoms with Crippen LogP contribution in [0, 0.1) is 11.8 Å². The van der Waals surface area contributed by atoms with Crippen molar-refractivity contribution in [1.82, 2.24) is 0 Å². The van der Waals surface area contributed by atoms with Crippen molar-refractivity contribution in [1.29, 1.82) is 0 Å². The summed E-state index contributed by atoms with van der Waals surface area (Å²) in [6, 6.07) is 6.62. The minimum absolute atomic E-state index is 0.103. The quantitative estimate of drug-likeness (QED) is 0.168. The van der Waals surface area contributed by atoms with E-state index in [0.29, 0.717) is 6.04 Å². The lowest BCUT2D eigenvalue weighted by atomic mass is 9.11. The van der Waals surface area contributed by atoms with E-state index in [1.165, 1.54) is 25.8 Å². The second-order valence-electron chi connectivity index (χ2n) is 17.2. The number of amides is 1. The van der Waals surface area contributed by atoms with Gasteiger partial charge >= 0.3 is 7.48 Å². The molecule has 2 aliphatic carbocycles. The zero-order valence-corrected chi connectivity index (χ0v) is 32.5. The predicted octanol–water partition coefficient (Wildman–Crippen LogP) is 5.66. The van der Waals surface area contributed by atoms with Gasteiger partial charge in [0, 0.05) is 16.5 Å². The number of carbonyl (C=O) groups is 1. The smallest absolute Gasteiger partial charge is 0.330 e. The lowest BCUT2D eigenvalue weighted by Crippen LogP contribution is -2.55. The van der Waals surface area contributed by atoms with Crippen molar-refractivity contribution in [3.63, 3.8) is 0 Å². The maximum Gasteiger partial charge on any atom is 0.330 e. The molecule has 2 unspecified atom stereocenters. The first-order valence-corrected chi connectivity index (χ1v) is 18.2. The molecule has 1 amide bonds. The van der Waals surface area contributed by atoms with Crippen LogP contribution in [0.5, 0.6) is 0 Å². The highest BCUT2D eigenvalue weighted by atomic mass is 32.1. The molecule has 49 heavy (non-hydrogen) atoms. The van der Waals surface area contributed by atoms with Crippen LogP contribution in [0.25, 0.3) is 0 Å². The molecule has 1 heterocycles. The molecular formula is C36H51B9NO2S. The molecule has 13 heteroatoms. The number of thiol groups is 1. The topological polar surface area (TPSA) is 29.5 Å². The van der Waals surface area contributed by atoms with Crippen molar-refractivity contribution >= 4 is 99.9 Å². The first-order chi connectivity index (χ1) is 22.0. The van der Waals surface area contributed by atoms with E-state index in [1.807, 2.05) is 35.2 Å². The fourth-order valence-electron chi connectivity index (χ4n) is 7.31. The Morgan fingerprint density at radius 1 is 0.980 bits per heavy atom. The van der Waals surface area contributed by atoms with E-state index in [1.54, 1.807) is 6.92 Å². The molecule has 0 spiro atoms. The van der Waals surface area contributed by atoms with Gasteiger partial charge in [-0.2, -0.15) is 12.6 Å². The molecule has 2 fully saturated rings. The van der Waals surface area contributed by atoms with Crippen LogP contribution in [0.15, 0.2) is 30.9 Å². The molecule has 3 nitrogen and oxygen atoms in total. The number of allylic oxidation sites excluding steroid dienone is 1. The molecule has 0 N–H and O–H groups in total. The molecule has 245 valence electrons. The number of hydrogen-bond donors (Lipinski definition) is 1. The Kier molecular flexibility index (Phi) is 12.5. The second-order valence-corrected chi connectivity index (χ2v) is 18.3. The van der Waals surface area contributed by atoms with Gasteiger partial charge in [0.1, 0.15) is 0 Å². The van der Waals surface area contributed by atoms with Gasteiger partial charge in [-0.3, -0.25) is 4.79 Å². The lowest BCUT2D eigenvalue weighted by Gasteiger charge is -2.71. The van der Waals surface area contributed by atoms with Gasteiger partial charge in [0.2, 0.25) is 5.91 Å². The van der Waals surface area contributed by atoms with Crippen LogP contribution in [0.1, 0.15) is 113 Å². The summed E-state index contributed by atoms with van der Waals surface area (Å²) < 4.78 is 5.83. The van der Waals surface area contributed by atoms with Crippen LogP contribution in [-0.2, 0) is 14.9 Å². The van der Waals surface area contributed by atoms with E-state index in [-0.39, 0.29) is 16.6 Å². The van der Waals surface area contributed by atoms with Gasteiger partial charge in [-0.1, -0.05) is 87.2 Å². The summed E-state index contributed by atoms with van der Waals surface area (Å²) in [4.78, 5) is 15.3. The van der Waals surface area contributed by atoms with Gasteiger partial charge < -0.3 is 9.55 Å². The highest BCUT2D eigenvalue weighted by Crippen LogP contribution is 2.78. The van der Waals surface area contributed by atoms with E-state index in [2.05, 4.69) is 63.1 Å². The summed E-state index contributed by atoms with van der Waals surface area (Å²) in [5.74, 6) is 0.900. The van der Waals surface area contributed by atoms with Gasteiger partial charge in [0.15, 0.2) is 0 Å². The van der Waals surface area contributed by atoms with Crippen LogP contribution in [0.4, 0.5) is 5.69 Å². The number of hydrogen-bond acceptors (Lipinski definition) is 3. The molecule has 4 rings (SSSR count). The maximum absolute atomic E-state index is 13.2. The average Bonchev–Trinajstić information content (AvgIpc) is 3.10. The van der Waals surface area contributed by atoms with Crippen molar-refractivity contribution in [3.8, 4) is 0 Å². The normalized spacial score (nSPS) is 23.9. The number of fused-ring (bicyclic) bond motifs is 1. The van der Waals surface area contributed by atoms with Crippen molar-refractivity contribution in [2.75, 3.05) is 4.90 Å². The molecule has 1 aromatic rings. The third-order valence-electron chi connectivity index (χ3n) is 12.2. The number of rotatable bonds is 13. The summed E-state index contributed by atoms with van der Waals surface area (Å²) in [7, 11) is 51.7. The number of benzene rings is 1. The molecule has 3 aliphatic rings. The Hall–Kier alpha value is -0.676. The number of carbonyl (C=O) groups excluding carboxylic acids is 1. The van der Waals surface area contributed by atoms with Gasteiger partial charge in [0.05, 0.1) is 73.8 Å². The zero-order valence-electron chi connectivity index (χ0n) is 31.6. The molecule has 2 atom stereocenters. The van der Waals surface area contributed by atoms with Crippen molar-refractivity contribution in [2.45, 2.75) is 155 Å². The third-order valence-corrected chi connectivity index (χ3v) is 12.7. The maximum atomic E-state index is 13.2. The third kappa shape index (κ3) is 7.57. The molecule has 0 bridgehead atoms. The SMILES string of the molecule is CCCC1CC(N2C(=O)C(C)(C)c3ccc([B]OC(C)(C)C(C)(C)S)cc32)C1.[B]C([B])(C)C([B])([B])C([B])(C1CCC1)C([B])(C=C)C([B])([B])C.